The number of nitrogens with zero attached hydrogens (tertiary/aromatic N) is 1. The molecule has 16 heavy (non-hydrogen) atoms. The van der Waals surface area contributed by atoms with Crippen LogP contribution >= 0.6 is 11.6 Å². The van der Waals surface area contributed by atoms with Crippen LogP contribution in [-0.2, 0) is 14.4 Å². The lowest BCUT2D eigenvalue weighted by atomic mass is 10.4. The molecule has 0 radical (unpaired) electrons. The van der Waals surface area contributed by atoms with Crippen LogP contribution in [0.4, 0.5) is 4.39 Å². The molecule has 0 aliphatic heterocycles. The zero-order valence-electron chi connectivity index (χ0n) is 8.28. The number of hydrogen-bond acceptors (Lipinski definition) is 4. The first-order valence-electron chi connectivity index (χ1n) is 4.25. The van der Waals surface area contributed by atoms with Crippen molar-refractivity contribution in [3.05, 3.63) is 0 Å². The Balaban J connectivity index is 4.43. The van der Waals surface area contributed by atoms with E-state index in [1.807, 2.05) is 5.43 Å². The summed E-state index contributed by atoms with van der Waals surface area (Å²) in [6, 6.07) is 0. The Labute approximate surface area is 95.8 Å². The van der Waals surface area contributed by atoms with Gasteiger partial charge in [0.25, 0.3) is 17.4 Å². The standard InChI is InChI=1S/C7H12ClFN4O3/c8-6(9)7(16)13(2-1-4(11)14)12-5(15)3-10/h6H,1-3,10H2,(H2,11,14)(H,12,15). The average Bonchev–Trinajstić information content (AvgIpc) is 2.22. The number of primary amides is 1. The normalized spacial score (nSPS) is 11.7. The largest absolute Gasteiger partial charge is 0.370 e. The lowest BCUT2D eigenvalue weighted by Crippen LogP contribution is -2.51. The molecule has 0 aliphatic carbocycles. The van der Waals surface area contributed by atoms with E-state index in [-0.39, 0.29) is 19.5 Å². The fourth-order valence-corrected chi connectivity index (χ4v) is 0.875. The summed E-state index contributed by atoms with van der Waals surface area (Å²) in [6.07, 6.45) is -0.236. The molecule has 1 atom stereocenters. The van der Waals surface area contributed by atoms with Gasteiger partial charge in [0.05, 0.1) is 13.1 Å². The van der Waals surface area contributed by atoms with E-state index in [2.05, 4.69) is 0 Å². The maximum absolute atomic E-state index is 12.5. The summed E-state index contributed by atoms with van der Waals surface area (Å²) in [5.74, 6) is -2.61. The van der Waals surface area contributed by atoms with Crippen LogP contribution in [0.2, 0.25) is 0 Å². The van der Waals surface area contributed by atoms with E-state index in [0.29, 0.717) is 5.01 Å². The molecule has 0 aromatic carbocycles. The van der Waals surface area contributed by atoms with Gasteiger partial charge in [-0.3, -0.25) is 19.8 Å². The maximum Gasteiger partial charge on any atom is 0.291 e. The summed E-state index contributed by atoms with van der Waals surface area (Å²) < 4.78 is 12.5. The van der Waals surface area contributed by atoms with Crippen LogP contribution < -0.4 is 16.9 Å². The molecule has 0 aliphatic rings. The predicted octanol–water partition coefficient (Wildman–Crippen LogP) is -1.79. The summed E-state index contributed by atoms with van der Waals surface area (Å²) in [5.41, 5.74) is 9.50. The number of halogens is 2. The number of carbonyl (C=O) groups is 3. The Morgan fingerprint density at radius 3 is 2.38 bits per heavy atom. The number of rotatable bonds is 5. The first-order valence-corrected chi connectivity index (χ1v) is 4.69. The molecular formula is C7H12ClFN4O3. The second-order valence-electron chi connectivity index (χ2n) is 2.75. The number of alkyl halides is 2. The fraction of sp³-hybridized carbons (Fsp3) is 0.571. The third-order valence-electron chi connectivity index (χ3n) is 1.48. The van der Waals surface area contributed by atoms with Crippen LogP contribution in [0.15, 0.2) is 0 Å². The summed E-state index contributed by atoms with van der Waals surface area (Å²) in [6.45, 7) is -0.660. The Kier molecular flexibility index (Phi) is 6.35. The van der Waals surface area contributed by atoms with Gasteiger partial charge in [0.2, 0.25) is 5.91 Å². The minimum Gasteiger partial charge on any atom is -0.370 e. The summed E-state index contributed by atoms with van der Waals surface area (Å²) in [5, 5.41) is 0.567. The highest BCUT2D eigenvalue weighted by Crippen LogP contribution is 2.02. The minimum atomic E-state index is -2.31. The van der Waals surface area contributed by atoms with Gasteiger partial charge in [0.1, 0.15) is 0 Å². The molecule has 92 valence electrons. The molecule has 0 saturated heterocycles. The molecule has 3 amide bonds. The molecule has 7 nitrogen and oxygen atoms in total. The van der Waals surface area contributed by atoms with Crippen LogP contribution in [0, 0.1) is 0 Å². The first-order chi connectivity index (χ1) is 7.38. The van der Waals surface area contributed by atoms with Gasteiger partial charge >= 0.3 is 0 Å². The monoisotopic (exact) mass is 254 g/mol. The number of carbonyl (C=O) groups excluding carboxylic acids is 3. The summed E-state index contributed by atoms with van der Waals surface area (Å²) in [4.78, 5) is 32.5. The van der Waals surface area contributed by atoms with Crippen LogP contribution in [0.5, 0.6) is 0 Å². The zero-order valence-corrected chi connectivity index (χ0v) is 9.04. The number of nitrogens with one attached hydrogen (secondary N) is 1. The topological polar surface area (TPSA) is 119 Å². The summed E-state index contributed by atoms with van der Waals surface area (Å²) in [7, 11) is 0. The molecule has 0 aromatic rings. The van der Waals surface area contributed by atoms with Crippen molar-refractivity contribution in [2.75, 3.05) is 13.1 Å². The molecule has 0 aromatic heterocycles. The van der Waals surface area contributed by atoms with Crippen molar-refractivity contribution in [1.82, 2.24) is 10.4 Å². The van der Waals surface area contributed by atoms with E-state index < -0.39 is 23.4 Å². The highest BCUT2D eigenvalue weighted by molar-refractivity contribution is 6.29. The van der Waals surface area contributed by atoms with Crippen LogP contribution in [0.1, 0.15) is 6.42 Å². The number of hydrazine groups is 1. The van der Waals surface area contributed by atoms with Gasteiger partial charge in [-0.1, -0.05) is 11.6 Å². The van der Waals surface area contributed by atoms with E-state index in [1.54, 1.807) is 0 Å². The molecule has 0 bridgehead atoms. The number of amides is 3. The molecule has 0 spiro atoms. The number of nitrogens with two attached hydrogens (primary N) is 2. The second-order valence-corrected chi connectivity index (χ2v) is 3.13. The molecule has 0 rings (SSSR count). The molecule has 5 N–H and O–H groups in total. The summed E-state index contributed by atoms with van der Waals surface area (Å²) >= 11 is 4.91. The molecule has 0 heterocycles. The molecule has 0 fully saturated rings. The Morgan fingerprint density at radius 2 is 2.00 bits per heavy atom. The van der Waals surface area contributed by atoms with Crippen molar-refractivity contribution in [3.8, 4) is 0 Å². The van der Waals surface area contributed by atoms with Crippen LogP contribution in [0.25, 0.3) is 0 Å². The van der Waals surface area contributed by atoms with Gasteiger partial charge < -0.3 is 11.5 Å². The lowest BCUT2D eigenvalue weighted by molar-refractivity contribution is -0.143. The number of hydrogen-bond donors (Lipinski definition) is 3. The Hall–Kier alpha value is -1.41. The van der Waals surface area contributed by atoms with E-state index in [4.69, 9.17) is 23.1 Å². The van der Waals surface area contributed by atoms with Crippen LogP contribution in [0.3, 0.4) is 0 Å². The van der Waals surface area contributed by atoms with E-state index in [9.17, 15) is 18.8 Å². The van der Waals surface area contributed by atoms with E-state index in [1.165, 1.54) is 0 Å². The van der Waals surface area contributed by atoms with E-state index in [0.717, 1.165) is 0 Å². The third-order valence-corrected chi connectivity index (χ3v) is 1.67. The molecule has 9 heteroatoms. The zero-order chi connectivity index (χ0) is 12.7. The van der Waals surface area contributed by atoms with Gasteiger partial charge in [-0.15, -0.1) is 0 Å². The maximum atomic E-state index is 12.5. The van der Waals surface area contributed by atoms with Crippen molar-refractivity contribution in [2.45, 2.75) is 12.1 Å². The van der Waals surface area contributed by atoms with Gasteiger partial charge in [-0.2, -0.15) is 0 Å². The smallest absolute Gasteiger partial charge is 0.291 e. The SMILES string of the molecule is NCC(=O)NN(CCC(N)=O)C(=O)C(F)Cl. The van der Waals surface area contributed by atoms with Crippen molar-refractivity contribution >= 4 is 29.3 Å². The van der Waals surface area contributed by atoms with Gasteiger partial charge in [-0.05, 0) is 0 Å². The quantitative estimate of drug-likeness (QED) is 0.397. The Morgan fingerprint density at radius 1 is 1.44 bits per heavy atom. The third kappa shape index (κ3) is 5.47. The average molecular weight is 255 g/mol. The first kappa shape index (κ1) is 14.6. The predicted molar refractivity (Wildman–Crippen MR) is 53.5 cm³/mol. The molecule has 1 unspecified atom stereocenters. The minimum absolute atomic E-state index is 0.236. The van der Waals surface area contributed by atoms with Crippen molar-refractivity contribution in [3.63, 3.8) is 0 Å². The highest BCUT2D eigenvalue weighted by Gasteiger charge is 2.23. The van der Waals surface area contributed by atoms with Crippen molar-refractivity contribution in [1.29, 1.82) is 0 Å². The van der Waals surface area contributed by atoms with E-state index >= 15 is 0 Å². The second kappa shape index (κ2) is 6.96. The van der Waals surface area contributed by atoms with Gasteiger partial charge in [0, 0.05) is 6.42 Å². The molecule has 0 saturated carbocycles. The van der Waals surface area contributed by atoms with Gasteiger partial charge in [0.15, 0.2) is 0 Å². The lowest BCUT2D eigenvalue weighted by Gasteiger charge is -2.22. The van der Waals surface area contributed by atoms with Crippen LogP contribution in [-0.4, -0.2) is 41.5 Å². The Bertz CT molecular complexity index is 287. The van der Waals surface area contributed by atoms with Crippen molar-refractivity contribution < 1.29 is 18.8 Å². The van der Waals surface area contributed by atoms with Crippen molar-refractivity contribution in [2.24, 2.45) is 11.5 Å². The molecular weight excluding hydrogens is 243 g/mol. The van der Waals surface area contributed by atoms with Gasteiger partial charge in [-0.25, -0.2) is 9.40 Å². The fourth-order valence-electron chi connectivity index (χ4n) is 0.757. The highest BCUT2D eigenvalue weighted by atomic mass is 35.5.